The summed E-state index contributed by atoms with van der Waals surface area (Å²) in [5, 5.41) is 3.56. The van der Waals surface area contributed by atoms with Crippen molar-refractivity contribution in [3.8, 4) is 11.5 Å². The van der Waals surface area contributed by atoms with Gasteiger partial charge < -0.3 is 20.5 Å². The van der Waals surface area contributed by atoms with Crippen LogP contribution in [-0.4, -0.2) is 23.8 Å². The number of ether oxygens (including phenoxy) is 2. The Labute approximate surface area is 170 Å². The van der Waals surface area contributed by atoms with Crippen LogP contribution >= 0.6 is 0 Å². The lowest BCUT2D eigenvalue weighted by atomic mass is 10.0. The summed E-state index contributed by atoms with van der Waals surface area (Å²) in [5.74, 6) is 1.05. The number of methoxy groups -OCH3 is 2. The van der Waals surface area contributed by atoms with E-state index in [0.29, 0.717) is 28.0 Å². The fraction of sp³-hybridized carbons (Fsp3) is 0.300. The molecular weight excluding hydrogens is 401 g/mol. The number of benzene rings is 2. The van der Waals surface area contributed by atoms with Crippen molar-refractivity contribution < 1.29 is 22.6 Å². The molecule has 1 aromatic heterocycles. The van der Waals surface area contributed by atoms with E-state index in [9.17, 15) is 18.0 Å². The second-order valence-electron chi connectivity index (χ2n) is 6.78. The van der Waals surface area contributed by atoms with E-state index in [1.165, 1.54) is 24.9 Å². The Morgan fingerprint density at radius 3 is 2.33 bits per heavy atom. The zero-order valence-electron chi connectivity index (χ0n) is 16.8. The summed E-state index contributed by atoms with van der Waals surface area (Å²) in [7, 11) is 4.51. The van der Waals surface area contributed by atoms with Crippen molar-refractivity contribution in [1.82, 2.24) is 9.55 Å². The maximum Gasteiger partial charge on any atom is 0.416 e. The molecule has 3 aromatic rings. The summed E-state index contributed by atoms with van der Waals surface area (Å²) in [5.41, 5.74) is 5.09. The highest BCUT2D eigenvalue weighted by Gasteiger charge is 2.31. The number of anilines is 2. The van der Waals surface area contributed by atoms with Gasteiger partial charge in [0.25, 0.3) is 0 Å². The topological polar surface area (TPSA) is 91.4 Å². The van der Waals surface area contributed by atoms with Crippen LogP contribution in [0.3, 0.4) is 0 Å². The predicted octanol–water partition coefficient (Wildman–Crippen LogP) is 3.72. The Hall–Kier alpha value is -3.43. The van der Waals surface area contributed by atoms with Gasteiger partial charge in [0.1, 0.15) is 5.82 Å². The van der Waals surface area contributed by atoms with Gasteiger partial charge in [-0.15, -0.1) is 0 Å². The lowest BCUT2D eigenvalue weighted by molar-refractivity contribution is -0.137. The second kappa shape index (κ2) is 7.77. The van der Waals surface area contributed by atoms with Crippen molar-refractivity contribution >= 4 is 22.4 Å². The first-order valence-electron chi connectivity index (χ1n) is 8.92. The van der Waals surface area contributed by atoms with Crippen molar-refractivity contribution in [2.24, 2.45) is 7.05 Å². The molecule has 0 saturated carbocycles. The van der Waals surface area contributed by atoms with E-state index in [0.717, 1.165) is 12.1 Å². The van der Waals surface area contributed by atoms with Gasteiger partial charge in [-0.1, -0.05) is 0 Å². The van der Waals surface area contributed by atoms with Crippen molar-refractivity contribution in [2.45, 2.75) is 19.1 Å². The van der Waals surface area contributed by atoms with E-state index in [1.54, 1.807) is 26.1 Å². The van der Waals surface area contributed by atoms with E-state index < -0.39 is 23.5 Å². The molecule has 0 saturated heterocycles. The van der Waals surface area contributed by atoms with Crippen molar-refractivity contribution in [2.75, 3.05) is 25.3 Å². The van der Waals surface area contributed by atoms with E-state index >= 15 is 0 Å². The van der Waals surface area contributed by atoms with Gasteiger partial charge in [0, 0.05) is 24.2 Å². The maximum absolute atomic E-state index is 13.1. The second-order valence-corrected chi connectivity index (χ2v) is 6.78. The number of fused-ring (bicyclic) bond motifs is 1. The quantitative estimate of drug-likeness (QED) is 0.609. The number of nitrogens with two attached hydrogens (primary N) is 1. The van der Waals surface area contributed by atoms with Gasteiger partial charge >= 0.3 is 11.9 Å². The molecule has 0 aliphatic rings. The number of rotatable bonds is 5. The normalized spacial score (nSPS) is 12.6. The molecule has 7 nitrogen and oxygen atoms in total. The van der Waals surface area contributed by atoms with Crippen LogP contribution in [0.4, 0.5) is 24.7 Å². The highest BCUT2D eigenvalue weighted by atomic mass is 19.4. The number of aryl methyl sites for hydroxylation is 1. The first kappa shape index (κ1) is 21.3. The Kier molecular flexibility index (Phi) is 5.51. The van der Waals surface area contributed by atoms with E-state index in [4.69, 9.17) is 15.2 Å². The molecule has 0 bridgehead atoms. The number of halogens is 3. The number of alkyl halides is 3. The molecule has 1 atom stereocenters. The molecule has 0 radical (unpaired) electrons. The first-order chi connectivity index (χ1) is 14.0. The molecule has 2 aromatic carbocycles. The number of aromatic nitrogens is 2. The molecule has 3 rings (SSSR count). The molecule has 3 N–H and O–H groups in total. The zero-order valence-corrected chi connectivity index (χ0v) is 16.8. The fourth-order valence-corrected chi connectivity index (χ4v) is 3.16. The van der Waals surface area contributed by atoms with Gasteiger partial charge in [0.15, 0.2) is 11.5 Å². The third kappa shape index (κ3) is 3.98. The summed E-state index contributed by atoms with van der Waals surface area (Å²) in [6.07, 6.45) is -4.53. The standard InChI is InChI=1S/C20H21F3N4O3/c1-10(11-5-12(20(21,22)23)7-13(24)6-11)25-18-14-8-16(29-3)17(30-4)9-15(14)27(2)19(28)26-18/h5-10H,24H2,1-4H3,(H,25,26,28)/t10-/m1/s1. The summed E-state index contributed by atoms with van der Waals surface area (Å²) < 4.78 is 51.4. The Balaban J connectivity index is 2.11. The van der Waals surface area contributed by atoms with Crippen molar-refractivity contribution in [1.29, 1.82) is 0 Å². The van der Waals surface area contributed by atoms with Gasteiger partial charge in [0.2, 0.25) is 0 Å². The number of nitrogen functional groups attached to an aromatic ring is 1. The van der Waals surface area contributed by atoms with Crippen LogP contribution in [0.25, 0.3) is 10.9 Å². The highest BCUT2D eigenvalue weighted by molar-refractivity contribution is 5.92. The first-order valence-corrected chi connectivity index (χ1v) is 8.92. The molecule has 160 valence electrons. The molecular formula is C20H21F3N4O3. The van der Waals surface area contributed by atoms with Crippen LogP contribution in [0.5, 0.6) is 11.5 Å². The summed E-state index contributed by atoms with van der Waals surface area (Å²) >= 11 is 0. The van der Waals surface area contributed by atoms with Crippen LogP contribution in [-0.2, 0) is 13.2 Å². The van der Waals surface area contributed by atoms with Gasteiger partial charge in [-0.3, -0.25) is 4.57 Å². The largest absolute Gasteiger partial charge is 0.493 e. The molecule has 0 unspecified atom stereocenters. The summed E-state index contributed by atoms with van der Waals surface area (Å²) in [6.45, 7) is 1.65. The minimum absolute atomic E-state index is 0.0123. The molecule has 30 heavy (non-hydrogen) atoms. The lowest BCUT2D eigenvalue weighted by Gasteiger charge is -2.20. The zero-order chi connectivity index (χ0) is 22.2. The highest BCUT2D eigenvalue weighted by Crippen LogP contribution is 2.36. The van der Waals surface area contributed by atoms with E-state index in [2.05, 4.69) is 10.3 Å². The average molecular weight is 422 g/mol. The molecule has 0 fully saturated rings. The number of hydrogen-bond donors (Lipinski definition) is 2. The summed E-state index contributed by atoms with van der Waals surface area (Å²) in [4.78, 5) is 16.4. The van der Waals surface area contributed by atoms with Crippen LogP contribution in [0, 0.1) is 0 Å². The van der Waals surface area contributed by atoms with Crippen LogP contribution in [0.15, 0.2) is 35.1 Å². The van der Waals surface area contributed by atoms with Crippen LogP contribution in [0.2, 0.25) is 0 Å². The van der Waals surface area contributed by atoms with Gasteiger partial charge in [-0.05, 0) is 36.8 Å². The number of nitrogens with zero attached hydrogens (tertiary/aromatic N) is 2. The maximum atomic E-state index is 13.1. The third-order valence-corrected chi connectivity index (χ3v) is 4.77. The number of hydrogen-bond acceptors (Lipinski definition) is 6. The predicted molar refractivity (Wildman–Crippen MR) is 108 cm³/mol. The van der Waals surface area contributed by atoms with E-state index in [-0.39, 0.29) is 11.5 Å². The molecule has 0 spiro atoms. The van der Waals surface area contributed by atoms with Gasteiger partial charge in [-0.2, -0.15) is 18.2 Å². The minimum Gasteiger partial charge on any atom is -0.493 e. The molecule has 10 heteroatoms. The Morgan fingerprint density at radius 1 is 1.10 bits per heavy atom. The monoisotopic (exact) mass is 422 g/mol. The fourth-order valence-electron chi connectivity index (χ4n) is 3.16. The van der Waals surface area contributed by atoms with Gasteiger partial charge in [-0.25, -0.2) is 4.79 Å². The number of nitrogens with one attached hydrogen (secondary N) is 1. The molecule has 1 heterocycles. The van der Waals surface area contributed by atoms with Crippen molar-refractivity contribution in [3.05, 3.63) is 51.9 Å². The van der Waals surface area contributed by atoms with Crippen LogP contribution < -0.4 is 26.2 Å². The average Bonchev–Trinajstić information content (AvgIpc) is 2.69. The van der Waals surface area contributed by atoms with Crippen LogP contribution in [0.1, 0.15) is 24.1 Å². The Morgan fingerprint density at radius 2 is 1.73 bits per heavy atom. The third-order valence-electron chi connectivity index (χ3n) is 4.77. The summed E-state index contributed by atoms with van der Waals surface area (Å²) in [6, 6.07) is 6.00. The molecule has 0 amide bonds. The van der Waals surface area contributed by atoms with E-state index in [1.807, 2.05) is 0 Å². The smallest absolute Gasteiger partial charge is 0.416 e. The minimum atomic E-state index is -4.53. The van der Waals surface area contributed by atoms with Gasteiger partial charge in [0.05, 0.1) is 31.3 Å². The van der Waals surface area contributed by atoms with Crippen molar-refractivity contribution in [3.63, 3.8) is 0 Å². The lowest BCUT2D eigenvalue weighted by Crippen LogP contribution is -2.23. The SMILES string of the molecule is COc1cc2c(N[C@H](C)c3cc(N)cc(C(F)(F)F)c3)nc(=O)n(C)c2cc1OC. The molecule has 0 aliphatic heterocycles. The Bertz CT molecular complexity index is 1160. The molecule has 0 aliphatic carbocycles.